The summed E-state index contributed by atoms with van der Waals surface area (Å²) >= 11 is 0. The second kappa shape index (κ2) is 8.48. The van der Waals surface area contributed by atoms with Gasteiger partial charge in [-0.05, 0) is 48.9 Å². The Morgan fingerprint density at radius 1 is 1.08 bits per heavy atom. The lowest BCUT2D eigenvalue weighted by molar-refractivity contribution is -0.115. The first kappa shape index (κ1) is 19.5. The number of benzene rings is 2. The summed E-state index contributed by atoms with van der Waals surface area (Å²) in [5, 5.41) is 6.70. The molecule has 0 spiro atoms. The molecule has 0 saturated carbocycles. The molecule has 0 aliphatic rings. The van der Waals surface area contributed by atoms with Gasteiger partial charge in [0.05, 0.1) is 17.7 Å². The summed E-state index contributed by atoms with van der Waals surface area (Å²) in [5.74, 6) is 0.495. The largest absolute Gasteiger partial charge is 0.497 e. The molecule has 0 aliphatic heterocycles. The highest BCUT2D eigenvalue weighted by Gasteiger charge is 2.13. The fourth-order valence-corrected chi connectivity index (χ4v) is 2.90. The fourth-order valence-electron chi connectivity index (χ4n) is 2.04. The lowest BCUT2D eigenvalue weighted by Crippen LogP contribution is -2.20. The summed E-state index contributed by atoms with van der Waals surface area (Å²) < 4.78 is 29.5. The smallest absolute Gasteiger partial charge is 0.276 e. The summed E-state index contributed by atoms with van der Waals surface area (Å²) in [6.45, 7) is 3.46. The van der Waals surface area contributed by atoms with Crippen LogP contribution in [-0.2, 0) is 14.8 Å². The van der Waals surface area contributed by atoms with E-state index in [1.165, 1.54) is 19.2 Å². The van der Waals surface area contributed by atoms with Gasteiger partial charge >= 0.3 is 0 Å². The van der Waals surface area contributed by atoms with Gasteiger partial charge in [-0.1, -0.05) is 19.1 Å². The minimum Gasteiger partial charge on any atom is -0.497 e. The molecule has 26 heavy (non-hydrogen) atoms. The van der Waals surface area contributed by atoms with Crippen LogP contribution in [0.4, 0.5) is 5.69 Å². The van der Waals surface area contributed by atoms with Crippen LogP contribution < -0.4 is 14.9 Å². The van der Waals surface area contributed by atoms with Crippen molar-refractivity contribution in [2.75, 3.05) is 12.4 Å². The van der Waals surface area contributed by atoms with Crippen molar-refractivity contribution < 1.29 is 17.9 Å². The SMILES string of the molecule is CCC(=O)Nc1ccc(/C(C)=N/NS(=O)(=O)c2ccc(OC)cc2)cc1. The topological polar surface area (TPSA) is 96.9 Å². The number of methoxy groups -OCH3 is 1. The van der Waals surface area contributed by atoms with E-state index >= 15 is 0 Å². The Bertz CT molecular complexity index is 889. The first-order valence-corrected chi connectivity index (χ1v) is 9.44. The van der Waals surface area contributed by atoms with Crippen LogP contribution in [0.3, 0.4) is 0 Å². The van der Waals surface area contributed by atoms with Gasteiger partial charge in [-0.2, -0.15) is 18.4 Å². The quantitative estimate of drug-likeness (QED) is 0.574. The number of rotatable bonds is 7. The van der Waals surface area contributed by atoms with Crippen molar-refractivity contribution in [2.24, 2.45) is 5.10 Å². The van der Waals surface area contributed by atoms with Crippen molar-refractivity contribution in [3.63, 3.8) is 0 Å². The molecule has 2 N–H and O–H groups in total. The summed E-state index contributed by atoms with van der Waals surface area (Å²) in [4.78, 5) is 13.7. The van der Waals surface area contributed by atoms with E-state index in [1.807, 2.05) is 0 Å². The number of ether oxygens (including phenoxy) is 1. The van der Waals surface area contributed by atoms with Crippen LogP contribution in [0.5, 0.6) is 5.75 Å². The van der Waals surface area contributed by atoms with Gasteiger partial charge in [-0.25, -0.2) is 0 Å². The van der Waals surface area contributed by atoms with Crippen LogP contribution in [0.1, 0.15) is 25.8 Å². The molecule has 0 heterocycles. The Morgan fingerprint density at radius 2 is 1.69 bits per heavy atom. The van der Waals surface area contributed by atoms with Crippen LogP contribution in [0.2, 0.25) is 0 Å². The molecule has 0 fully saturated rings. The van der Waals surface area contributed by atoms with E-state index in [1.54, 1.807) is 50.2 Å². The average Bonchev–Trinajstić information content (AvgIpc) is 2.66. The number of amides is 1. The molecule has 0 aliphatic carbocycles. The average molecular weight is 375 g/mol. The Morgan fingerprint density at radius 3 is 2.23 bits per heavy atom. The number of nitrogens with zero attached hydrogens (tertiary/aromatic N) is 1. The molecule has 0 unspecified atom stereocenters. The highest BCUT2D eigenvalue weighted by Crippen LogP contribution is 2.15. The fraction of sp³-hybridized carbons (Fsp3) is 0.222. The zero-order valence-corrected chi connectivity index (χ0v) is 15.6. The van der Waals surface area contributed by atoms with Crippen molar-refractivity contribution >= 4 is 27.3 Å². The molecule has 0 saturated heterocycles. The highest BCUT2D eigenvalue weighted by molar-refractivity contribution is 7.89. The zero-order chi connectivity index (χ0) is 19.2. The molecule has 2 aromatic carbocycles. The third-order valence-corrected chi connectivity index (χ3v) is 4.84. The van der Waals surface area contributed by atoms with Crippen LogP contribution >= 0.6 is 0 Å². The summed E-state index contributed by atoms with van der Waals surface area (Å²) in [5.41, 5.74) is 1.90. The van der Waals surface area contributed by atoms with Crippen molar-refractivity contribution in [3.8, 4) is 5.75 Å². The Balaban J connectivity index is 2.09. The maximum atomic E-state index is 12.3. The van der Waals surface area contributed by atoms with Crippen LogP contribution in [0.25, 0.3) is 0 Å². The third-order valence-electron chi connectivity index (χ3n) is 3.61. The maximum Gasteiger partial charge on any atom is 0.276 e. The first-order valence-electron chi connectivity index (χ1n) is 7.96. The molecule has 0 radical (unpaired) electrons. The number of anilines is 1. The van der Waals surface area contributed by atoms with Crippen LogP contribution in [-0.4, -0.2) is 27.1 Å². The molecule has 138 valence electrons. The van der Waals surface area contributed by atoms with Gasteiger partial charge in [0.25, 0.3) is 10.0 Å². The Labute approximate surface area is 153 Å². The van der Waals surface area contributed by atoms with Crippen molar-refractivity contribution in [1.82, 2.24) is 4.83 Å². The van der Waals surface area contributed by atoms with Crippen molar-refractivity contribution in [3.05, 3.63) is 54.1 Å². The zero-order valence-electron chi connectivity index (χ0n) is 14.8. The minimum absolute atomic E-state index is 0.0737. The van der Waals surface area contributed by atoms with E-state index in [4.69, 9.17) is 4.74 Å². The predicted octanol–water partition coefficient (Wildman–Crippen LogP) is 2.75. The minimum atomic E-state index is -3.77. The van der Waals surface area contributed by atoms with E-state index in [2.05, 4.69) is 15.2 Å². The van der Waals surface area contributed by atoms with E-state index in [9.17, 15) is 13.2 Å². The molecular weight excluding hydrogens is 354 g/mol. The Kier molecular flexibility index (Phi) is 6.35. The lowest BCUT2D eigenvalue weighted by atomic mass is 10.1. The molecule has 0 atom stereocenters. The number of carbonyl (C=O) groups is 1. The van der Waals surface area contributed by atoms with Crippen molar-refractivity contribution in [2.45, 2.75) is 25.2 Å². The lowest BCUT2D eigenvalue weighted by Gasteiger charge is -2.07. The summed E-state index contributed by atoms with van der Waals surface area (Å²) in [6, 6.07) is 13.0. The standard InChI is InChI=1S/C18H21N3O4S/c1-4-18(22)19-15-7-5-14(6-8-15)13(2)20-21-26(23,24)17-11-9-16(25-3)10-12-17/h5-12,21H,4H2,1-3H3,(H,19,22)/b20-13+. The number of sulfonamides is 1. The van der Waals surface area contributed by atoms with E-state index in [0.29, 0.717) is 23.6 Å². The van der Waals surface area contributed by atoms with Gasteiger partial charge in [0.2, 0.25) is 5.91 Å². The molecule has 1 amide bonds. The number of nitrogens with one attached hydrogen (secondary N) is 2. The molecule has 0 bridgehead atoms. The number of hydrogen-bond donors (Lipinski definition) is 2. The molecule has 2 aromatic rings. The molecule has 8 heteroatoms. The number of carbonyl (C=O) groups excluding carboxylic acids is 1. The van der Waals surface area contributed by atoms with Gasteiger partial charge in [0, 0.05) is 12.1 Å². The normalized spacial score (nSPS) is 11.7. The first-order chi connectivity index (χ1) is 12.4. The van der Waals surface area contributed by atoms with Gasteiger partial charge in [0.1, 0.15) is 5.75 Å². The number of hydrazone groups is 1. The second-order valence-corrected chi connectivity index (χ2v) is 7.11. The number of hydrogen-bond acceptors (Lipinski definition) is 5. The maximum absolute atomic E-state index is 12.3. The van der Waals surface area contributed by atoms with E-state index in [-0.39, 0.29) is 10.8 Å². The molecule has 2 rings (SSSR count). The predicted molar refractivity (Wildman–Crippen MR) is 101 cm³/mol. The monoisotopic (exact) mass is 375 g/mol. The van der Waals surface area contributed by atoms with E-state index in [0.717, 1.165) is 5.56 Å². The van der Waals surface area contributed by atoms with Gasteiger partial charge in [0.15, 0.2) is 0 Å². The third kappa shape index (κ3) is 5.06. The summed E-state index contributed by atoms with van der Waals surface area (Å²) in [7, 11) is -2.26. The van der Waals surface area contributed by atoms with Gasteiger partial charge in [-0.15, -0.1) is 0 Å². The summed E-state index contributed by atoms with van der Waals surface area (Å²) in [6.07, 6.45) is 0.398. The van der Waals surface area contributed by atoms with Crippen LogP contribution in [0, 0.1) is 0 Å². The van der Waals surface area contributed by atoms with Gasteiger partial charge < -0.3 is 10.1 Å². The highest BCUT2D eigenvalue weighted by atomic mass is 32.2. The molecule has 0 aromatic heterocycles. The van der Waals surface area contributed by atoms with Gasteiger partial charge in [-0.3, -0.25) is 4.79 Å². The van der Waals surface area contributed by atoms with E-state index < -0.39 is 10.0 Å². The van der Waals surface area contributed by atoms with Crippen LogP contribution in [0.15, 0.2) is 58.5 Å². The van der Waals surface area contributed by atoms with Crippen molar-refractivity contribution in [1.29, 1.82) is 0 Å². The second-order valence-electron chi connectivity index (χ2n) is 5.45. The Hall–Kier alpha value is -2.87. The molecular formula is C18H21N3O4S. The molecule has 7 nitrogen and oxygen atoms in total.